The van der Waals surface area contributed by atoms with Crippen molar-refractivity contribution in [1.82, 2.24) is 16.2 Å². The van der Waals surface area contributed by atoms with E-state index in [2.05, 4.69) is 42.1 Å². The molecule has 0 aliphatic heterocycles. The number of para-hydroxylation sites is 1. The van der Waals surface area contributed by atoms with E-state index in [1.807, 2.05) is 42.5 Å². The maximum Gasteiger partial charge on any atom is 0.276 e. The first-order valence-corrected chi connectivity index (χ1v) is 12.3. The van der Waals surface area contributed by atoms with Crippen molar-refractivity contribution in [2.75, 3.05) is 13.2 Å². The second kappa shape index (κ2) is 13.8. The number of amides is 2. The van der Waals surface area contributed by atoms with Gasteiger partial charge in [-0.25, -0.2) is 0 Å². The topological polar surface area (TPSA) is 88.7 Å². The van der Waals surface area contributed by atoms with Crippen molar-refractivity contribution in [3.63, 3.8) is 0 Å². The lowest BCUT2D eigenvalue weighted by atomic mass is 9.98. The molecule has 0 aromatic heterocycles. The normalized spacial score (nSPS) is 11.2. The van der Waals surface area contributed by atoms with Crippen LogP contribution >= 0.6 is 12.2 Å². The zero-order valence-electron chi connectivity index (χ0n) is 20.5. The summed E-state index contributed by atoms with van der Waals surface area (Å²) in [5.41, 5.74) is 7.60. The maximum atomic E-state index is 12.4. The molecule has 3 rings (SSSR count). The van der Waals surface area contributed by atoms with Crippen molar-refractivity contribution in [1.29, 1.82) is 0 Å². The molecule has 3 aromatic carbocycles. The largest absolute Gasteiger partial charge is 0.493 e. The fourth-order valence-electron chi connectivity index (χ4n) is 3.39. The van der Waals surface area contributed by atoms with Crippen molar-refractivity contribution in [2.24, 2.45) is 0 Å². The number of carbonyl (C=O) groups excluding carboxylic acids is 2. The van der Waals surface area contributed by atoms with Gasteiger partial charge in [0.25, 0.3) is 11.8 Å². The van der Waals surface area contributed by atoms with E-state index in [4.69, 9.17) is 21.7 Å². The van der Waals surface area contributed by atoms with Gasteiger partial charge in [-0.1, -0.05) is 62.4 Å². The van der Waals surface area contributed by atoms with Gasteiger partial charge < -0.3 is 9.47 Å². The van der Waals surface area contributed by atoms with Crippen LogP contribution in [-0.4, -0.2) is 30.1 Å². The quantitative estimate of drug-likeness (QED) is 0.277. The third-order valence-corrected chi connectivity index (χ3v) is 5.79. The maximum absolute atomic E-state index is 12.4. The van der Waals surface area contributed by atoms with E-state index in [9.17, 15) is 9.59 Å². The highest BCUT2D eigenvalue weighted by Gasteiger charge is 2.12. The second-order valence-corrected chi connectivity index (χ2v) is 8.61. The van der Waals surface area contributed by atoms with Crippen LogP contribution in [0.3, 0.4) is 0 Å². The molecule has 2 amide bonds. The molecule has 0 heterocycles. The van der Waals surface area contributed by atoms with Crippen molar-refractivity contribution in [3.8, 4) is 11.5 Å². The van der Waals surface area contributed by atoms with E-state index >= 15 is 0 Å². The minimum Gasteiger partial charge on any atom is -0.493 e. The van der Waals surface area contributed by atoms with Gasteiger partial charge in [-0.15, -0.1) is 0 Å². The number of nitrogens with one attached hydrogen (secondary N) is 3. The zero-order valence-corrected chi connectivity index (χ0v) is 21.3. The molecule has 0 aliphatic carbocycles. The van der Waals surface area contributed by atoms with Crippen LogP contribution in [0.5, 0.6) is 11.5 Å². The monoisotopic (exact) mass is 505 g/mol. The lowest BCUT2D eigenvalue weighted by Gasteiger charge is -2.16. The number of hydrogen-bond donors (Lipinski definition) is 3. The summed E-state index contributed by atoms with van der Waals surface area (Å²) in [6.45, 7) is 4.55. The van der Waals surface area contributed by atoms with Crippen molar-refractivity contribution >= 4 is 29.1 Å². The molecule has 8 heteroatoms. The fourth-order valence-corrected chi connectivity index (χ4v) is 3.53. The first-order chi connectivity index (χ1) is 17.5. The van der Waals surface area contributed by atoms with Gasteiger partial charge in [0.1, 0.15) is 11.5 Å². The van der Waals surface area contributed by atoms with Crippen LogP contribution in [0.1, 0.15) is 47.7 Å². The van der Waals surface area contributed by atoms with E-state index in [1.54, 1.807) is 24.3 Å². The van der Waals surface area contributed by atoms with E-state index in [0.717, 1.165) is 18.4 Å². The molecule has 0 bridgehead atoms. The Hall–Kier alpha value is -3.91. The Morgan fingerprint density at radius 3 is 2.31 bits per heavy atom. The average Bonchev–Trinajstić information content (AvgIpc) is 2.91. The molecule has 0 radical (unpaired) electrons. The molecule has 0 aliphatic rings. The van der Waals surface area contributed by atoms with Gasteiger partial charge in [0.05, 0.1) is 6.61 Å². The Labute approximate surface area is 217 Å². The molecule has 3 aromatic rings. The van der Waals surface area contributed by atoms with Crippen LogP contribution in [0.15, 0.2) is 78.9 Å². The van der Waals surface area contributed by atoms with Crippen LogP contribution in [0, 0.1) is 0 Å². The van der Waals surface area contributed by atoms with E-state index < -0.39 is 11.8 Å². The van der Waals surface area contributed by atoms with Crippen LogP contribution in [0.4, 0.5) is 0 Å². The number of ether oxygens (including phenoxy) is 2. The van der Waals surface area contributed by atoms with Crippen molar-refractivity contribution < 1.29 is 19.1 Å². The van der Waals surface area contributed by atoms with Crippen LogP contribution < -0.4 is 25.6 Å². The lowest BCUT2D eigenvalue weighted by Crippen LogP contribution is -2.49. The van der Waals surface area contributed by atoms with Gasteiger partial charge in [0.2, 0.25) is 0 Å². The van der Waals surface area contributed by atoms with Gasteiger partial charge in [0, 0.05) is 12.0 Å². The highest BCUT2D eigenvalue weighted by Crippen LogP contribution is 2.28. The number of hydrogen-bond acceptors (Lipinski definition) is 5. The molecule has 1 unspecified atom stereocenters. The molecule has 188 valence electrons. The lowest BCUT2D eigenvalue weighted by molar-refractivity contribution is -0.123. The van der Waals surface area contributed by atoms with Crippen LogP contribution in [0.2, 0.25) is 0 Å². The average molecular weight is 506 g/mol. The summed E-state index contributed by atoms with van der Waals surface area (Å²) in [5, 5.41) is 2.50. The predicted molar refractivity (Wildman–Crippen MR) is 144 cm³/mol. The minimum absolute atomic E-state index is 0.0310. The molecule has 36 heavy (non-hydrogen) atoms. The first-order valence-electron chi connectivity index (χ1n) is 11.8. The Bertz CT molecular complexity index is 1150. The second-order valence-electron chi connectivity index (χ2n) is 8.20. The molecule has 0 spiro atoms. The summed E-state index contributed by atoms with van der Waals surface area (Å²) in [6.07, 6.45) is 1.76. The number of hydrazine groups is 1. The fraction of sp³-hybridized carbons (Fsp3) is 0.250. The van der Waals surface area contributed by atoms with Gasteiger partial charge >= 0.3 is 0 Å². The zero-order chi connectivity index (χ0) is 25.8. The third-order valence-electron chi connectivity index (χ3n) is 5.58. The van der Waals surface area contributed by atoms with Crippen molar-refractivity contribution in [3.05, 3.63) is 95.6 Å². The summed E-state index contributed by atoms with van der Waals surface area (Å²) in [5.74, 6) is 0.828. The van der Waals surface area contributed by atoms with Crippen LogP contribution in [-0.2, 0) is 11.2 Å². The summed E-state index contributed by atoms with van der Waals surface area (Å²) < 4.78 is 11.4. The van der Waals surface area contributed by atoms with Crippen molar-refractivity contribution in [2.45, 2.75) is 32.6 Å². The molecule has 1 atom stereocenters. The predicted octanol–water partition coefficient (Wildman–Crippen LogP) is 4.54. The van der Waals surface area contributed by atoms with Gasteiger partial charge in [-0.2, -0.15) is 0 Å². The van der Waals surface area contributed by atoms with Gasteiger partial charge in [-0.05, 0) is 66.0 Å². The highest BCUT2D eigenvalue weighted by atomic mass is 32.1. The summed E-state index contributed by atoms with van der Waals surface area (Å²) >= 11 is 5.10. The minimum atomic E-state index is -0.428. The number of carbonyl (C=O) groups is 2. The van der Waals surface area contributed by atoms with E-state index in [0.29, 0.717) is 29.6 Å². The molecule has 7 nitrogen and oxygen atoms in total. The Morgan fingerprint density at radius 1 is 0.889 bits per heavy atom. The molecular weight excluding hydrogens is 474 g/mol. The van der Waals surface area contributed by atoms with Crippen LogP contribution in [0.25, 0.3) is 0 Å². The molecular formula is C28H31N3O4S. The number of benzene rings is 3. The van der Waals surface area contributed by atoms with E-state index in [1.165, 1.54) is 5.56 Å². The first kappa shape index (κ1) is 26.7. The smallest absolute Gasteiger partial charge is 0.276 e. The Kier molecular flexibility index (Phi) is 10.3. The summed E-state index contributed by atoms with van der Waals surface area (Å²) in [4.78, 5) is 24.6. The van der Waals surface area contributed by atoms with Gasteiger partial charge in [-0.3, -0.25) is 25.8 Å². The standard InChI is InChI=1S/C28H31N3O4S/c1-3-20(2)24-11-7-8-12-25(24)35-19-26(32)30-31-28(36)29-27(33)22-13-15-23(16-14-22)34-18-17-21-9-5-4-6-10-21/h4-16,20H,3,17-19H2,1-2H3,(H,30,32)(H2,29,31,33,36). The highest BCUT2D eigenvalue weighted by molar-refractivity contribution is 7.80. The molecule has 0 fully saturated rings. The summed E-state index contributed by atoms with van der Waals surface area (Å²) in [6, 6.07) is 24.5. The Balaban J connectivity index is 1.38. The molecule has 0 saturated carbocycles. The number of rotatable bonds is 10. The molecule has 0 saturated heterocycles. The summed E-state index contributed by atoms with van der Waals surface area (Å²) in [7, 11) is 0. The number of thiocarbonyl (C=S) groups is 1. The molecule has 3 N–H and O–H groups in total. The van der Waals surface area contributed by atoms with E-state index in [-0.39, 0.29) is 11.7 Å². The Morgan fingerprint density at radius 2 is 1.58 bits per heavy atom. The van der Waals surface area contributed by atoms with Gasteiger partial charge in [0.15, 0.2) is 11.7 Å². The third kappa shape index (κ3) is 8.39. The SMILES string of the molecule is CCC(C)c1ccccc1OCC(=O)NNC(=S)NC(=O)c1ccc(OCCc2ccccc2)cc1.